The zero-order chi connectivity index (χ0) is 42.1. The third kappa shape index (κ3) is 6.12. The van der Waals surface area contributed by atoms with Crippen molar-refractivity contribution >= 4 is 49.8 Å². The molecule has 0 aliphatic heterocycles. The molecule has 12 rings (SSSR count). The summed E-state index contributed by atoms with van der Waals surface area (Å²) in [5.41, 5.74) is 15.1. The summed E-state index contributed by atoms with van der Waals surface area (Å²) in [6.45, 7) is 4.65. The van der Waals surface area contributed by atoms with Crippen LogP contribution in [0.15, 0.2) is 211 Å². The summed E-state index contributed by atoms with van der Waals surface area (Å²) >= 11 is 0. The van der Waals surface area contributed by atoms with Gasteiger partial charge in [0.15, 0.2) is 17.5 Å². The fourth-order valence-corrected chi connectivity index (χ4v) is 9.62. The van der Waals surface area contributed by atoms with Crippen LogP contribution < -0.4 is 4.90 Å². The summed E-state index contributed by atoms with van der Waals surface area (Å²) in [5, 5.41) is 4.21. The molecule has 1 aliphatic carbocycles. The number of fused-ring (bicyclic) bond motifs is 7. The summed E-state index contributed by atoms with van der Waals surface area (Å²) in [6, 6.07) is 72.6. The Labute approximate surface area is 365 Å². The molecule has 1 aliphatic rings. The number of hydrogen-bond donors (Lipinski definition) is 0. The molecule has 0 radical (unpaired) electrons. The molecular weight excluding hydrogens is 769 g/mol. The average molecular weight is 809 g/mol. The maximum absolute atomic E-state index is 6.64. The van der Waals surface area contributed by atoms with Crippen LogP contribution >= 0.6 is 0 Å². The van der Waals surface area contributed by atoms with Crippen LogP contribution in [0.25, 0.3) is 89.1 Å². The molecule has 63 heavy (non-hydrogen) atoms. The molecule has 9 aromatic carbocycles. The van der Waals surface area contributed by atoms with E-state index in [1.54, 1.807) is 0 Å². The Morgan fingerprint density at radius 1 is 0.381 bits per heavy atom. The Bertz CT molecular complexity index is 3530. The van der Waals surface area contributed by atoms with Gasteiger partial charge in [-0.1, -0.05) is 166 Å². The van der Waals surface area contributed by atoms with Crippen LogP contribution in [0.4, 0.5) is 17.1 Å². The molecule has 2 heterocycles. The number of anilines is 3. The fourth-order valence-electron chi connectivity index (χ4n) is 9.62. The number of aromatic nitrogens is 3. The number of para-hydroxylation sites is 1. The largest absolute Gasteiger partial charge is 0.456 e. The molecule has 0 bridgehead atoms. The molecule has 5 nitrogen and oxygen atoms in total. The SMILES string of the molecule is CC1(C)c2ccccc2-c2cc(N(c3ccccc3)c3ccc(-c4ccc5c(c4)oc4cccc(-c6nc(-c7ccccc7)nc(-c7cccc8ccccc78)n6)c45)cc3)ccc21. The van der Waals surface area contributed by atoms with Gasteiger partial charge in [0, 0.05) is 49.9 Å². The summed E-state index contributed by atoms with van der Waals surface area (Å²) in [5.74, 6) is 1.84. The van der Waals surface area contributed by atoms with E-state index < -0.39 is 0 Å². The molecular formula is C58H40N4O. The number of rotatable bonds is 7. The molecule has 5 heteroatoms. The van der Waals surface area contributed by atoms with E-state index in [-0.39, 0.29) is 5.41 Å². The predicted molar refractivity (Wildman–Crippen MR) is 259 cm³/mol. The van der Waals surface area contributed by atoms with Crippen molar-refractivity contribution in [2.45, 2.75) is 19.3 Å². The van der Waals surface area contributed by atoms with Gasteiger partial charge in [0.2, 0.25) is 0 Å². The van der Waals surface area contributed by atoms with E-state index in [1.165, 1.54) is 22.3 Å². The molecule has 11 aromatic rings. The third-order valence-corrected chi connectivity index (χ3v) is 12.7. The zero-order valence-corrected chi connectivity index (χ0v) is 34.8. The lowest BCUT2D eigenvalue weighted by Crippen LogP contribution is -2.15. The lowest BCUT2D eigenvalue weighted by Gasteiger charge is -2.27. The highest BCUT2D eigenvalue weighted by molar-refractivity contribution is 6.12. The average Bonchev–Trinajstić information content (AvgIpc) is 3.83. The molecule has 0 spiro atoms. The summed E-state index contributed by atoms with van der Waals surface area (Å²) in [7, 11) is 0. The minimum atomic E-state index is -0.0491. The van der Waals surface area contributed by atoms with Crippen molar-refractivity contribution in [3.05, 3.63) is 217 Å². The summed E-state index contributed by atoms with van der Waals surface area (Å²) < 4.78 is 6.64. The Kier molecular flexibility index (Phi) is 8.44. The van der Waals surface area contributed by atoms with Crippen molar-refractivity contribution in [1.82, 2.24) is 15.0 Å². The molecule has 298 valence electrons. The highest BCUT2D eigenvalue weighted by atomic mass is 16.3. The fraction of sp³-hybridized carbons (Fsp3) is 0.0517. The van der Waals surface area contributed by atoms with Gasteiger partial charge in [-0.3, -0.25) is 0 Å². The quantitative estimate of drug-likeness (QED) is 0.160. The van der Waals surface area contributed by atoms with Crippen LogP contribution in [0.3, 0.4) is 0 Å². The van der Waals surface area contributed by atoms with Gasteiger partial charge < -0.3 is 9.32 Å². The highest BCUT2D eigenvalue weighted by Crippen LogP contribution is 2.50. The van der Waals surface area contributed by atoms with E-state index >= 15 is 0 Å². The van der Waals surface area contributed by atoms with Crippen LogP contribution in [-0.2, 0) is 5.41 Å². The number of furan rings is 1. The van der Waals surface area contributed by atoms with Gasteiger partial charge in [0.25, 0.3) is 0 Å². The molecule has 0 atom stereocenters. The molecule has 0 N–H and O–H groups in total. The first-order valence-electron chi connectivity index (χ1n) is 21.4. The molecule has 0 fully saturated rings. The van der Waals surface area contributed by atoms with E-state index in [1.807, 2.05) is 42.5 Å². The van der Waals surface area contributed by atoms with Crippen molar-refractivity contribution in [3.63, 3.8) is 0 Å². The van der Waals surface area contributed by atoms with E-state index in [4.69, 9.17) is 19.4 Å². The molecule has 0 saturated carbocycles. The van der Waals surface area contributed by atoms with Crippen LogP contribution in [0.5, 0.6) is 0 Å². The van der Waals surface area contributed by atoms with Crippen molar-refractivity contribution in [1.29, 1.82) is 0 Å². The van der Waals surface area contributed by atoms with Gasteiger partial charge in [-0.15, -0.1) is 0 Å². The van der Waals surface area contributed by atoms with Crippen LogP contribution in [-0.4, -0.2) is 15.0 Å². The first-order chi connectivity index (χ1) is 31.0. The van der Waals surface area contributed by atoms with Gasteiger partial charge in [0.1, 0.15) is 11.2 Å². The maximum atomic E-state index is 6.64. The second-order valence-electron chi connectivity index (χ2n) is 16.8. The number of nitrogens with zero attached hydrogens (tertiary/aromatic N) is 4. The Balaban J connectivity index is 0.932. The van der Waals surface area contributed by atoms with E-state index in [0.29, 0.717) is 17.5 Å². The first-order valence-corrected chi connectivity index (χ1v) is 21.4. The lowest BCUT2D eigenvalue weighted by molar-refractivity contribution is 0.660. The topological polar surface area (TPSA) is 55.1 Å². The van der Waals surface area contributed by atoms with Crippen LogP contribution in [0, 0.1) is 0 Å². The Morgan fingerprint density at radius 3 is 1.83 bits per heavy atom. The standard InChI is InChI=1S/C58H40N4O/c1-58(2)50-25-12-11-22-45(50)49-36-43(32-34-51(49)58)62(41-19-7-4-8-20-41)42-30-27-37(28-31-42)40-29-33-47-53(35-40)63-52-26-14-24-48(54(47)52)57-60-55(39-16-5-3-6-17-39)59-56(61-57)46-23-13-18-38-15-9-10-21-44(38)46/h3-36H,1-2H3. The van der Waals surface area contributed by atoms with Gasteiger partial charge in [0.05, 0.1) is 0 Å². The molecule has 0 amide bonds. The van der Waals surface area contributed by atoms with Crippen molar-refractivity contribution in [2.24, 2.45) is 0 Å². The number of hydrogen-bond acceptors (Lipinski definition) is 5. The van der Waals surface area contributed by atoms with Gasteiger partial charge in [-0.05, 0) is 98.8 Å². The normalized spacial score (nSPS) is 12.7. The minimum Gasteiger partial charge on any atom is -0.456 e. The van der Waals surface area contributed by atoms with Crippen molar-refractivity contribution < 1.29 is 4.42 Å². The van der Waals surface area contributed by atoms with E-state index in [2.05, 4.69) is 183 Å². The van der Waals surface area contributed by atoms with Crippen molar-refractivity contribution in [2.75, 3.05) is 4.90 Å². The Hall–Kier alpha value is -8.15. The second-order valence-corrected chi connectivity index (χ2v) is 16.8. The van der Waals surface area contributed by atoms with E-state index in [0.717, 1.165) is 77.6 Å². The monoisotopic (exact) mass is 808 g/mol. The minimum absolute atomic E-state index is 0.0491. The van der Waals surface area contributed by atoms with Crippen LogP contribution in [0.1, 0.15) is 25.0 Å². The molecule has 2 aromatic heterocycles. The molecule has 0 saturated heterocycles. The zero-order valence-electron chi connectivity index (χ0n) is 34.8. The van der Waals surface area contributed by atoms with E-state index in [9.17, 15) is 0 Å². The highest BCUT2D eigenvalue weighted by Gasteiger charge is 2.35. The van der Waals surface area contributed by atoms with Gasteiger partial charge in [-0.25, -0.2) is 15.0 Å². The lowest BCUT2D eigenvalue weighted by atomic mass is 9.82. The van der Waals surface area contributed by atoms with Gasteiger partial charge in [-0.2, -0.15) is 0 Å². The van der Waals surface area contributed by atoms with Crippen molar-refractivity contribution in [3.8, 4) is 56.4 Å². The third-order valence-electron chi connectivity index (χ3n) is 12.7. The summed E-state index contributed by atoms with van der Waals surface area (Å²) in [6.07, 6.45) is 0. The van der Waals surface area contributed by atoms with Gasteiger partial charge >= 0.3 is 0 Å². The van der Waals surface area contributed by atoms with Crippen LogP contribution in [0.2, 0.25) is 0 Å². The Morgan fingerprint density at radius 2 is 0.984 bits per heavy atom. The molecule has 0 unspecified atom stereocenters. The maximum Gasteiger partial charge on any atom is 0.164 e. The smallest absolute Gasteiger partial charge is 0.164 e. The first kappa shape index (κ1) is 36.7. The second kappa shape index (κ2) is 14.5. The predicted octanol–water partition coefficient (Wildman–Crippen LogP) is 15.4. The number of benzene rings is 9. The summed E-state index contributed by atoms with van der Waals surface area (Å²) in [4.78, 5) is 17.7.